The van der Waals surface area contributed by atoms with Crippen molar-refractivity contribution in [2.24, 2.45) is 5.92 Å². The standard InChI is InChI=1S/C9H18ClNO/c1-11(3-4-12-2)7-8-5-9(10)6-8/h8-9H,3-7H2,1-2H3. The van der Waals surface area contributed by atoms with Crippen molar-refractivity contribution in [2.75, 3.05) is 33.9 Å². The van der Waals surface area contributed by atoms with Gasteiger partial charge in [0.1, 0.15) is 0 Å². The monoisotopic (exact) mass is 191 g/mol. The van der Waals surface area contributed by atoms with Crippen LogP contribution < -0.4 is 0 Å². The number of ether oxygens (including phenoxy) is 1. The molecule has 3 heteroatoms. The molecule has 12 heavy (non-hydrogen) atoms. The van der Waals surface area contributed by atoms with Crippen LogP contribution in [0.2, 0.25) is 0 Å². The summed E-state index contributed by atoms with van der Waals surface area (Å²) < 4.78 is 5.00. The van der Waals surface area contributed by atoms with Crippen LogP contribution >= 0.6 is 11.6 Å². The van der Waals surface area contributed by atoms with Gasteiger partial charge in [0.15, 0.2) is 0 Å². The normalized spacial score (nSPS) is 29.0. The van der Waals surface area contributed by atoms with E-state index in [2.05, 4.69) is 11.9 Å². The summed E-state index contributed by atoms with van der Waals surface area (Å²) in [5.74, 6) is 0.828. The van der Waals surface area contributed by atoms with Crippen LogP contribution in [0.5, 0.6) is 0 Å². The zero-order chi connectivity index (χ0) is 8.97. The molecule has 0 amide bonds. The molecule has 0 spiro atoms. The van der Waals surface area contributed by atoms with Gasteiger partial charge >= 0.3 is 0 Å². The Balaban J connectivity index is 1.98. The Morgan fingerprint density at radius 2 is 2.17 bits per heavy atom. The molecule has 72 valence electrons. The van der Waals surface area contributed by atoms with Gasteiger partial charge in [-0.3, -0.25) is 0 Å². The molecule has 0 aromatic carbocycles. The van der Waals surface area contributed by atoms with Gasteiger partial charge in [-0.1, -0.05) is 0 Å². The second kappa shape index (κ2) is 5.05. The highest BCUT2D eigenvalue weighted by Gasteiger charge is 2.27. The van der Waals surface area contributed by atoms with Gasteiger partial charge in [0.25, 0.3) is 0 Å². The van der Waals surface area contributed by atoms with Crippen LogP contribution in [0, 0.1) is 5.92 Å². The minimum atomic E-state index is 0.450. The second-order valence-corrected chi connectivity index (χ2v) is 4.31. The molecular formula is C9H18ClNO. The van der Waals surface area contributed by atoms with E-state index >= 15 is 0 Å². The number of halogens is 1. The third kappa shape index (κ3) is 3.30. The van der Waals surface area contributed by atoms with E-state index in [1.54, 1.807) is 7.11 Å². The van der Waals surface area contributed by atoms with Gasteiger partial charge < -0.3 is 9.64 Å². The van der Waals surface area contributed by atoms with Crippen LogP contribution in [-0.4, -0.2) is 44.1 Å². The number of rotatable bonds is 5. The third-order valence-electron chi connectivity index (χ3n) is 2.43. The number of hydrogen-bond acceptors (Lipinski definition) is 2. The van der Waals surface area contributed by atoms with Crippen LogP contribution in [0.15, 0.2) is 0 Å². The topological polar surface area (TPSA) is 12.5 Å². The van der Waals surface area contributed by atoms with Crippen LogP contribution in [0.1, 0.15) is 12.8 Å². The Kier molecular flexibility index (Phi) is 4.33. The molecular weight excluding hydrogens is 174 g/mol. The first-order chi connectivity index (χ1) is 5.72. The van der Waals surface area contributed by atoms with Gasteiger partial charge in [-0.15, -0.1) is 11.6 Å². The Morgan fingerprint density at radius 1 is 1.50 bits per heavy atom. The highest BCUT2D eigenvalue weighted by atomic mass is 35.5. The molecule has 0 heterocycles. The molecule has 2 nitrogen and oxygen atoms in total. The molecule has 0 atom stereocenters. The molecule has 0 aromatic heterocycles. The second-order valence-electron chi connectivity index (χ2n) is 3.69. The summed E-state index contributed by atoms with van der Waals surface area (Å²) >= 11 is 5.89. The Bertz CT molecular complexity index is 126. The van der Waals surface area contributed by atoms with E-state index in [1.807, 2.05) is 0 Å². The van der Waals surface area contributed by atoms with Crippen LogP contribution in [0.25, 0.3) is 0 Å². The molecule has 1 rings (SSSR count). The maximum Gasteiger partial charge on any atom is 0.0589 e. The van der Waals surface area contributed by atoms with Crippen molar-refractivity contribution < 1.29 is 4.74 Å². The zero-order valence-corrected chi connectivity index (χ0v) is 8.68. The van der Waals surface area contributed by atoms with Crippen molar-refractivity contribution in [3.05, 3.63) is 0 Å². The molecule has 1 fully saturated rings. The first kappa shape index (κ1) is 10.3. The summed E-state index contributed by atoms with van der Waals surface area (Å²) in [6, 6.07) is 0. The minimum Gasteiger partial charge on any atom is -0.383 e. The van der Waals surface area contributed by atoms with E-state index in [-0.39, 0.29) is 0 Å². The van der Waals surface area contributed by atoms with Gasteiger partial charge in [0.05, 0.1) is 6.61 Å². The largest absolute Gasteiger partial charge is 0.383 e. The van der Waals surface area contributed by atoms with Crippen molar-refractivity contribution in [1.29, 1.82) is 0 Å². The average molecular weight is 192 g/mol. The van der Waals surface area contributed by atoms with Crippen molar-refractivity contribution in [3.63, 3.8) is 0 Å². The summed E-state index contributed by atoms with van der Waals surface area (Å²) in [5.41, 5.74) is 0. The van der Waals surface area contributed by atoms with Gasteiger partial charge in [0, 0.05) is 25.6 Å². The van der Waals surface area contributed by atoms with Crippen molar-refractivity contribution >= 4 is 11.6 Å². The minimum absolute atomic E-state index is 0.450. The molecule has 0 aliphatic heterocycles. The lowest BCUT2D eigenvalue weighted by Crippen LogP contribution is -2.36. The fraction of sp³-hybridized carbons (Fsp3) is 1.00. The van der Waals surface area contributed by atoms with E-state index in [4.69, 9.17) is 16.3 Å². The maximum absolute atomic E-state index is 5.89. The zero-order valence-electron chi connectivity index (χ0n) is 7.92. The molecule has 1 aliphatic rings. The molecule has 1 saturated carbocycles. The fourth-order valence-electron chi connectivity index (χ4n) is 1.58. The predicted molar refractivity (Wildman–Crippen MR) is 51.7 cm³/mol. The molecule has 0 radical (unpaired) electrons. The smallest absolute Gasteiger partial charge is 0.0589 e. The molecule has 0 bridgehead atoms. The maximum atomic E-state index is 5.89. The third-order valence-corrected chi connectivity index (χ3v) is 2.78. The number of nitrogens with zero attached hydrogens (tertiary/aromatic N) is 1. The van der Waals surface area contributed by atoms with Crippen molar-refractivity contribution in [3.8, 4) is 0 Å². The summed E-state index contributed by atoms with van der Waals surface area (Å²) in [7, 11) is 3.88. The number of methoxy groups -OCH3 is 1. The molecule has 0 saturated heterocycles. The van der Waals surface area contributed by atoms with Crippen LogP contribution in [0.3, 0.4) is 0 Å². The van der Waals surface area contributed by atoms with Crippen molar-refractivity contribution in [2.45, 2.75) is 18.2 Å². The molecule has 0 aromatic rings. The van der Waals surface area contributed by atoms with E-state index in [0.29, 0.717) is 5.38 Å². The van der Waals surface area contributed by atoms with E-state index < -0.39 is 0 Å². The lowest BCUT2D eigenvalue weighted by molar-refractivity contribution is 0.139. The molecule has 0 N–H and O–H groups in total. The highest BCUT2D eigenvalue weighted by molar-refractivity contribution is 6.21. The Hall–Kier alpha value is 0.210. The van der Waals surface area contributed by atoms with Crippen molar-refractivity contribution in [1.82, 2.24) is 4.90 Å². The first-order valence-electron chi connectivity index (χ1n) is 4.54. The molecule has 1 aliphatic carbocycles. The lowest BCUT2D eigenvalue weighted by atomic mass is 9.84. The summed E-state index contributed by atoms with van der Waals surface area (Å²) in [6.45, 7) is 3.03. The number of likely N-dealkylation sites (N-methyl/N-ethyl adjacent to an activating group) is 1. The van der Waals surface area contributed by atoms with Crippen LogP contribution in [-0.2, 0) is 4.74 Å². The molecule has 0 unspecified atom stereocenters. The number of alkyl halides is 1. The van der Waals surface area contributed by atoms with E-state index in [0.717, 1.165) is 19.1 Å². The lowest BCUT2D eigenvalue weighted by Gasteiger charge is -2.34. The fourth-order valence-corrected chi connectivity index (χ4v) is 2.09. The summed E-state index contributed by atoms with van der Waals surface area (Å²) in [4.78, 5) is 2.32. The first-order valence-corrected chi connectivity index (χ1v) is 4.97. The van der Waals surface area contributed by atoms with Crippen LogP contribution in [0.4, 0.5) is 0 Å². The van der Waals surface area contributed by atoms with E-state index in [1.165, 1.54) is 19.4 Å². The quantitative estimate of drug-likeness (QED) is 0.612. The average Bonchev–Trinajstić information content (AvgIpc) is 1.98. The Labute approximate surface area is 79.8 Å². The predicted octanol–water partition coefficient (Wildman–Crippen LogP) is 1.58. The van der Waals surface area contributed by atoms with Gasteiger partial charge in [-0.2, -0.15) is 0 Å². The SMILES string of the molecule is COCCN(C)CC1CC(Cl)C1. The highest BCUT2D eigenvalue weighted by Crippen LogP contribution is 2.32. The number of hydrogen-bond donors (Lipinski definition) is 0. The summed E-state index contributed by atoms with van der Waals surface area (Å²) in [6.07, 6.45) is 2.39. The Morgan fingerprint density at radius 3 is 2.67 bits per heavy atom. The summed E-state index contributed by atoms with van der Waals surface area (Å²) in [5, 5.41) is 0.450. The van der Waals surface area contributed by atoms with E-state index in [9.17, 15) is 0 Å². The van der Waals surface area contributed by atoms with Gasteiger partial charge in [-0.25, -0.2) is 0 Å². The van der Waals surface area contributed by atoms with Gasteiger partial charge in [-0.05, 0) is 25.8 Å². The van der Waals surface area contributed by atoms with Gasteiger partial charge in [0.2, 0.25) is 0 Å².